The molecular weight excluding hydrogens is 249 g/mol. The molecule has 0 spiro atoms. The van der Waals surface area contributed by atoms with Gasteiger partial charge in [-0.2, -0.15) is 0 Å². The first-order valence-electron chi connectivity index (χ1n) is 5.58. The summed E-state index contributed by atoms with van der Waals surface area (Å²) in [5.74, 6) is 0.744. The Bertz CT molecular complexity index is 572. The minimum Gasteiger partial charge on any atom is -0.497 e. The molecule has 2 aromatic rings. The van der Waals surface area contributed by atoms with E-state index in [-0.39, 0.29) is 11.5 Å². The quantitative estimate of drug-likeness (QED) is 0.919. The fourth-order valence-corrected chi connectivity index (χ4v) is 1.65. The summed E-state index contributed by atoms with van der Waals surface area (Å²) in [4.78, 5) is 8.01. The average Bonchev–Trinajstić information content (AvgIpc) is 2.43. The van der Waals surface area contributed by atoms with Crippen molar-refractivity contribution < 1.29 is 13.9 Å². The zero-order chi connectivity index (χ0) is 14.0. The van der Waals surface area contributed by atoms with Gasteiger partial charge in [-0.1, -0.05) is 0 Å². The molecule has 2 rings (SSSR count). The Morgan fingerprint density at radius 1 is 1.05 bits per heavy atom. The molecule has 0 atom stereocenters. The van der Waals surface area contributed by atoms with E-state index in [0.717, 1.165) is 0 Å². The summed E-state index contributed by atoms with van der Waals surface area (Å²) >= 11 is 0. The molecule has 100 valence electrons. The Morgan fingerprint density at radius 3 is 2.11 bits per heavy atom. The molecular formula is C13H14FN3O2. The molecule has 0 saturated heterocycles. The maximum Gasteiger partial charge on any atom is 0.186 e. The molecule has 1 heterocycles. The van der Waals surface area contributed by atoms with Crippen molar-refractivity contribution in [2.45, 2.75) is 6.92 Å². The Morgan fingerprint density at radius 2 is 1.63 bits per heavy atom. The van der Waals surface area contributed by atoms with Gasteiger partial charge in [0.25, 0.3) is 0 Å². The third-order valence-corrected chi connectivity index (χ3v) is 2.65. The summed E-state index contributed by atoms with van der Waals surface area (Å²) in [6.07, 6.45) is 0. The van der Waals surface area contributed by atoms with Gasteiger partial charge in [0.15, 0.2) is 17.5 Å². The van der Waals surface area contributed by atoms with E-state index in [0.29, 0.717) is 22.9 Å². The molecule has 6 heteroatoms. The predicted octanol–water partition coefficient (Wildman–Crippen LogP) is 2.19. The summed E-state index contributed by atoms with van der Waals surface area (Å²) < 4.78 is 23.7. The van der Waals surface area contributed by atoms with Gasteiger partial charge < -0.3 is 15.2 Å². The first-order chi connectivity index (χ1) is 9.05. The molecule has 0 fully saturated rings. The van der Waals surface area contributed by atoms with Crippen LogP contribution >= 0.6 is 0 Å². The van der Waals surface area contributed by atoms with Crippen LogP contribution < -0.4 is 15.2 Å². The molecule has 1 aromatic heterocycles. The second-order valence-corrected chi connectivity index (χ2v) is 3.93. The van der Waals surface area contributed by atoms with E-state index in [2.05, 4.69) is 9.97 Å². The van der Waals surface area contributed by atoms with E-state index in [1.807, 2.05) is 0 Å². The van der Waals surface area contributed by atoms with Crippen molar-refractivity contribution in [1.29, 1.82) is 0 Å². The minimum absolute atomic E-state index is 0.177. The lowest BCUT2D eigenvalue weighted by Gasteiger charge is -2.09. The first-order valence-corrected chi connectivity index (χ1v) is 5.58. The number of hydrogen-bond acceptors (Lipinski definition) is 5. The lowest BCUT2D eigenvalue weighted by molar-refractivity contribution is 0.394. The van der Waals surface area contributed by atoms with Crippen molar-refractivity contribution in [3.63, 3.8) is 0 Å². The van der Waals surface area contributed by atoms with Gasteiger partial charge in [0, 0.05) is 11.6 Å². The van der Waals surface area contributed by atoms with E-state index >= 15 is 0 Å². The molecule has 1 aromatic carbocycles. The van der Waals surface area contributed by atoms with Crippen molar-refractivity contribution in [3.05, 3.63) is 29.7 Å². The van der Waals surface area contributed by atoms with Crippen LogP contribution in [0.1, 0.15) is 5.69 Å². The highest BCUT2D eigenvalue weighted by Gasteiger charge is 2.12. The Balaban J connectivity index is 2.58. The number of rotatable bonds is 3. The van der Waals surface area contributed by atoms with Crippen LogP contribution in [0.5, 0.6) is 11.5 Å². The zero-order valence-corrected chi connectivity index (χ0v) is 10.9. The number of anilines is 1. The average molecular weight is 263 g/mol. The normalized spacial score (nSPS) is 10.3. The number of nitrogens with two attached hydrogens (primary N) is 1. The first kappa shape index (κ1) is 13.1. The van der Waals surface area contributed by atoms with Gasteiger partial charge in [-0.25, -0.2) is 14.4 Å². The molecule has 0 radical (unpaired) electrons. The maximum atomic E-state index is 13.4. The number of nitrogen functional groups attached to an aromatic ring is 1. The summed E-state index contributed by atoms with van der Waals surface area (Å²) in [7, 11) is 3.09. The molecule has 0 aliphatic heterocycles. The highest BCUT2D eigenvalue weighted by atomic mass is 19.1. The lowest BCUT2D eigenvalue weighted by Crippen LogP contribution is -2.03. The van der Waals surface area contributed by atoms with Gasteiger partial charge in [0.1, 0.15) is 11.5 Å². The Labute approximate surface area is 110 Å². The fourth-order valence-electron chi connectivity index (χ4n) is 1.65. The van der Waals surface area contributed by atoms with Crippen LogP contribution in [-0.4, -0.2) is 24.2 Å². The molecule has 19 heavy (non-hydrogen) atoms. The minimum atomic E-state index is -0.599. The second-order valence-electron chi connectivity index (χ2n) is 3.93. The number of methoxy groups -OCH3 is 2. The van der Waals surface area contributed by atoms with Crippen molar-refractivity contribution in [1.82, 2.24) is 9.97 Å². The number of halogens is 1. The van der Waals surface area contributed by atoms with E-state index in [9.17, 15) is 4.39 Å². The number of hydrogen-bond donors (Lipinski definition) is 1. The van der Waals surface area contributed by atoms with Gasteiger partial charge in [-0.15, -0.1) is 0 Å². The van der Waals surface area contributed by atoms with Crippen molar-refractivity contribution in [3.8, 4) is 22.9 Å². The van der Waals surface area contributed by atoms with Crippen molar-refractivity contribution >= 4 is 5.82 Å². The standard InChI is InChI=1S/C13H14FN3O2/c1-7-11(14)12(15)17-13(16-7)8-4-9(18-2)6-10(5-8)19-3/h4-6H,1-3H3,(H2,15,16,17). The third-order valence-electron chi connectivity index (χ3n) is 2.65. The van der Waals surface area contributed by atoms with Crippen LogP contribution in [0.3, 0.4) is 0 Å². The second kappa shape index (κ2) is 5.09. The van der Waals surface area contributed by atoms with Crippen LogP contribution in [0.25, 0.3) is 11.4 Å². The maximum absolute atomic E-state index is 13.4. The largest absolute Gasteiger partial charge is 0.497 e. The number of aromatic nitrogens is 2. The molecule has 0 unspecified atom stereocenters. The zero-order valence-electron chi connectivity index (χ0n) is 10.9. The van der Waals surface area contributed by atoms with Gasteiger partial charge in [0.05, 0.1) is 19.9 Å². The van der Waals surface area contributed by atoms with Crippen molar-refractivity contribution in [2.75, 3.05) is 20.0 Å². The molecule has 0 saturated carbocycles. The number of nitrogens with zero attached hydrogens (tertiary/aromatic N) is 2. The number of benzene rings is 1. The molecule has 2 N–H and O–H groups in total. The topological polar surface area (TPSA) is 70.3 Å². The summed E-state index contributed by atoms with van der Waals surface area (Å²) in [6.45, 7) is 1.54. The molecule has 0 bridgehead atoms. The summed E-state index contributed by atoms with van der Waals surface area (Å²) in [5, 5.41) is 0. The smallest absolute Gasteiger partial charge is 0.186 e. The summed E-state index contributed by atoms with van der Waals surface area (Å²) in [6, 6.07) is 5.19. The lowest BCUT2D eigenvalue weighted by atomic mass is 10.2. The Kier molecular flexibility index (Phi) is 3.50. The number of aryl methyl sites for hydroxylation is 1. The molecule has 0 amide bonds. The van der Waals surface area contributed by atoms with E-state index in [4.69, 9.17) is 15.2 Å². The molecule has 0 aliphatic rings. The van der Waals surface area contributed by atoms with E-state index in [1.54, 1.807) is 32.4 Å². The highest BCUT2D eigenvalue weighted by Crippen LogP contribution is 2.28. The SMILES string of the molecule is COc1cc(OC)cc(-c2nc(C)c(F)c(N)n2)c1. The fraction of sp³-hybridized carbons (Fsp3) is 0.231. The number of ether oxygens (including phenoxy) is 2. The van der Waals surface area contributed by atoms with Crippen LogP contribution in [0.4, 0.5) is 10.2 Å². The van der Waals surface area contributed by atoms with E-state index < -0.39 is 5.82 Å². The molecule has 5 nitrogen and oxygen atoms in total. The highest BCUT2D eigenvalue weighted by molar-refractivity contribution is 5.62. The summed E-state index contributed by atoms with van der Waals surface area (Å²) in [5.41, 5.74) is 6.35. The van der Waals surface area contributed by atoms with Gasteiger partial charge in [-0.05, 0) is 19.1 Å². The van der Waals surface area contributed by atoms with E-state index in [1.165, 1.54) is 6.92 Å². The van der Waals surface area contributed by atoms with Crippen LogP contribution in [0.2, 0.25) is 0 Å². The van der Waals surface area contributed by atoms with Gasteiger partial charge in [0.2, 0.25) is 0 Å². The predicted molar refractivity (Wildman–Crippen MR) is 69.7 cm³/mol. The third kappa shape index (κ3) is 2.57. The van der Waals surface area contributed by atoms with Crippen molar-refractivity contribution in [2.24, 2.45) is 0 Å². The Hall–Kier alpha value is -2.37. The monoisotopic (exact) mass is 263 g/mol. The van der Waals surface area contributed by atoms with Crippen LogP contribution in [0, 0.1) is 12.7 Å². The van der Waals surface area contributed by atoms with Gasteiger partial charge >= 0.3 is 0 Å². The van der Waals surface area contributed by atoms with Crippen LogP contribution in [-0.2, 0) is 0 Å². The van der Waals surface area contributed by atoms with Crippen LogP contribution in [0.15, 0.2) is 18.2 Å². The molecule has 0 aliphatic carbocycles. The van der Waals surface area contributed by atoms with Gasteiger partial charge in [-0.3, -0.25) is 0 Å².